The van der Waals surface area contributed by atoms with Gasteiger partial charge in [-0.15, -0.1) is 0 Å². The Morgan fingerprint density at radius 1 is 1.41 bits per heavy atom. The Bertz CT molecular complexity index is 384. The Morgan fingerprint density at radius 3 is 2.53 bits per heavy atom. The topological polar surface area (TPSA) is 21.3 Å². The zero-order chi connectivity index (χ0) is 13.1. The number of hydrogen-bond acceptors (Lipinski definition) is 2. The number of ether oxygens (including phenoxy) is 1. The molecule has 96 valence electrons. The van der Waals surface area contributed by atoms with Crippen LogP contribution in [0.2, 0.25) is 0 Å². The molecule has 2 nitrogen and oxygen atoms in total. The molecular formula is C12H16F3NO. The summed E-state index contributed by atoms with van der Waals surface area (Å²) in [5, 5.41) is 2.62. The molecule has 0 aliphatic rings. The molecule has 1 rings (SSSR count). The summed E-state index contributed by atoms with van der Waals surface area (Å²) < 4.78 is 45.1. The second-order valence-electron chi connectivity index (χ2n) is 3.85. The number of nitrogens with one attached hydrogen (secondary N) is 1. The quantitative estimate of drug-likeness (QED) is 0.863. The van der Waals surface area contributed by atoms with Crippen LogP contribution in [0.3, 0.4) is 0 Å². The average Bonchev–Trinajstić information content (AvgIpc) is 2.28. The van der Waals surface area contributed by atoms with Crippen molar-refractivity contribution in [2.24, 2.45) is 0 Å². The Hall–Kier alpha value is -1.23. The molecule has 0 amide bonds. The van der Waals surface area contributed by atoms with E-state index in [2.05, 4.69) is 5.32 Å². The van der Waals surface area contributed by atoms with Gasteiger partial charge in [-0.1, -0.05) is 13.0 Å². The molecule has 0 heterocycles. The van der Waals surface area contributed by atoms with Crippen molar-refractivity contribution in [1.29, 1.82) is 0 Å². The van der Waals surface area contributed by atoms with Gasteiger partial charge in [0.1, 0.15) is 17.1 Å². The highest BCUT2D eigenvalue weighted by atomic mass is 19.3. The molecule has 0 spiro atoms. The highest BCUT2D eigenvalue weighted by Crippen LogP contribution is 2.36. The monoisotopic (exact) mass is 247 g/mol. The molecular weight excluding hydrogens is 231 g/mol. The van der Waals surface area contributed by atoms with Crippen molar-refractivity contribution < 1.29 is 17.9 Å². The number of alkyl halides is 2. The predicted octanol–water partition coefficient (Wildman–Crippen LogP) is 2.92. The lowest BCUT2D eigenvalue weighted by Crippen LogP contribution is -2.46. The fourth-order valence-electron chi connectivity index (χ4n) is 1.82. The first-order chi connectivity index (χ1) is 7.97. The molecule has 1 aromatic carbocycles. The molecule has 0 aliphatic heterocycles. The zero-order valence-corrected chi connectivity index (χ0v) is 10.1. The maximum Gasteiger partial charge on any atom is 0.260 e. The van der Waals surface area contributed by atoms with E-state index in [1.165, 1.54) is 26.2 Å². The van der Waals surface area contributed by atoms with Gasteiger partial charge in [0.05, 0.1) is 12.7 Å². The standard InChI is InChI=1S/C12H16F3NO/c1-4-16-12(2,11(14)15)10-8(13)6-5-7-9(10)17-3/h5-7,11,16H,4H2,1-3H3. The van der Waals surface area contributed by atoms with E-state index in [1.54, 1.807) is 6.92 Å². The molecule has 17 heavy (non-hydrogen) atoms. The minimum absolute atomic E-state index is 0.119. The normalized spacial score (nSPS) is 14.8. The van der Waals surface area contributed by atoms with Gasteiger partial charge >= 0.3 is 0 Å². The van der Waals surface area contributed by atoms with Gasteiger partial charge in [-0.25, -0.2) is 13.2 Å². The van der Waals surface area contributed by atoms with Crippen LogP contribution in [0.25, 0.3) is 0 Å². The Balaban J connectivity index is 3.36. The van der Waals surface area contributed by atoms with Crippen molar-refractivity contribution in [2.45, 2.75) is 25.8 Å². The SMILES string of the molecule is CCNC(C)(c1c(F)cccc1OC)C(F)F. The highest BCUT2D eigenvalue weighted by Gasteiger charge is 2.40. The number of halogens is 3. The van der Waals surface area contributed by atoms with Crippen molar-refractivity contribution >= 4 is 0 Å². The van der Waals surface area contributed by atoms with Crippen LogP contribution in [-0.4, -0.2) is 20.1 Å². The second-order valence-corrected chi connectivity index (χ2v) is 3.85. The molecule has 0 bridgehead atoms. The second kappa shape index (κ2) is 5.40. The fraction of sp³-hybridized carbons (Fsp3) is 0.500. The third-order valence-electron chi connectivity index (χ3n) is 2.70. The number of hydrogen-bond donors (Lipinski definition) is 1. The van der Waals surface area contributed by atoms with Crippen LogP contribution in [0.5, 0.6) is 5.75 Å². The number of methoxy groups -OCH3 is 1. The summed E-state index contributed by atoms with van der Waals surface area (Å²) in [6, 6.07) is 4.04. The lowest BCUT2D eigenvalue weighted by atomic mass is 9.91. The lowest BCUT2D eigenvalue weighted by molar-refractivity contribution is 0.0357. The van der Waals surface area contributed by atoms with Gasteiger partial charge in [-0.3, -0.25) is 0 Å². The molecule has 1 atom stereocenters. The molecule has 1 unspecified atom stereocenters. The van der Waals surface area contributed by atoms with Crippen LogP contribution in [0, 0.1) is 5.82 Å². The summed E-state index contributed by atoms with van der Waals surface area (Å²) in [4.78, 5) is 0. The molecule has 0 saturated carbocycles. The van der Waals surface area contributed by atoms with Gasteiger partial charge in [-0.05, 0) is 25.6 Å². The molecule has 1 aromatic rings. The smallest absolute Gasteiger partial charge is 0.260 e. The lowest BCUT2D eigenvalue weighted by Gasteiger charge is -2.31. The number of rotatable bonds is 5. The minimum atomic E-state index is -2.74. The van der Waals surface area contributed by atoms with Crippen LogP contribution in [0.1, 0.15) is 19.4 Å². The van der Waals surface area contributed by atoms with Crippen LogP contribution in [0.15, 0.2) is 18.2 Å². The van der Waals surface area contributed by atoms with Gasteiger partial charge in [-0.2, -0.15) is 0 Å². The molecule has 0 aromatic heterocycles. The van der Waals surface area contributed by atoms with Gasteiger partial charge in [0, 0.05) is 0 Å². The first-order valence-corrected chi connectivity index (χ1v) is 5.33. The summed E-state index contributed by atoms with van der Waals surface area (Å²) in [6.45, 7) is 3.26. The van der Waals surface area contributed by atoms with Crippen LogP contribution >= 0.6 is 0 Å². The van der Waals surface area contributed by atoms with Crippen LogP contribution in [-0.2, 0) is 5.54 Å². The fourth-order valence-corrected chi connectivity index (χ4v) is 1.82. The van der Waals surface area contributed by atoms with Gasteiger partial charge in [0.2, 0.25) is 0 Å². The molecule has 0 fully saturated rings. The third kappa shape index (κ3) is 2.54. The molecule has 0 radical (unpaired) electrons. The van der Waals surface area contributed by atoms with E-state index in [0.717, 1.165) is 6.07 Å². The van der Waals surface area contributed by atoms with Gasteiger partial charge < -0.3 is 10.1 Å². The van der Waals surface area contributed by atoms with Crippen molar-refractivity contribution in [3.05, 3.63) is 29.6 Å². The van der Waals surface area contributed by atoms with E-state index in [9.17, 15) is 13.2 Å². The maximum atomic E-state index is 13.8. The van der Waals surface area contributed by atoms with Crippen molar-refractivity contribution in [1.82, 2.24) is 5.32 Å². The van der Waals surface area contributed by atoms with E-state index in [4.69, 9.17) is 4.74 Å². The molecule has 5 heteroatoms. The van der Waals surface area contributed by atoms with E-state index < -0.39 is 17.8 Å². The highest BCUT2D eigenvalue weighted by molar-refractivity contribution is 5.40. The van der Waals surface area contributed by atoms with E-state index in [1.807, 2.05) is 0 Å². The Kier molecular flexibility index (Phi) is 4.40. The first kappa shape index (κ1) is 13.8. The largest absolute Gasteiger partial charge is 0.496 e. The van der Waals surface area contributed by atoms with Crippen molar-refractivity contribution in [2.75, 3.05) is 13.7 Å². The summed E-state index contributed by atoms with van der Waals surface area (Å²) in [5.41, 5.74) is -1.90. The number of benzene rings is 1. The summed E-state index contributed by atoms with van der Waals surface area (Å²) in [6.07, 6.45) is -2.74. The molecule has 1 N–H and O–H groups in total. The summed E-state index contributed by atoms with van der Waals surface area (Å²) in [5.74, 6) is -0.582. The van der Waals surface area contributed by atoms with Crippen LogP contribution < -0.4 is 10.1 Å². The predicted molar refractivity (Wildman–Crippen MR) is 60.0 cm³/mol. The van der Waals surface area contributed by atoms with E-state index >= 15 is 0 Å². The first-order valence-electron chi connectivity index (χ1n) is 5.33. The van der Waals surface area contributed by atoms with Gasteiger partial charge in [0.25, 0.3) is 6.43 Å². The molecule has 0 saturated heterocycles. The zero-order valence-electron chi connectivity index (χ0n) is 10.1. The van der Waals surface area contributed by atoms with Crippen molar-refractivity contribution in [3.8, 4) is 5.75 Å². The average molecular weight is 247 g/mol. The summed E-state index contributed by atoms with van der Waals surface area (Å²) >= 11 is 0. The Labute approximate surface area is 98.8 Å². The van der Waals surface area contributed by atoms with E-state index in [-0.39, 0.29) is 11.3 Å². The van der Waals surface area contributed by atoms with Crippen LogP contribution in [0.4, 0.5) is 13.2 Å². The van der Waals surface area contributed by atoms with Gasteiger partial charge in [0.15, 0.2) is 0 Å². The maximum absolute atomic E-state index is 13.8. The summed E-state index contributed by atoms with van der Waals surface area (Å²) in [7, 11) is 1.33. The minimum Gasteiger partial charge on any atom is -0.496 e. The van der Waals surface area contributed by atoms with E-state index in [0.29, 0.717) is 6.54 Å². The third-order valence-corrected chi connectivity index (χ3v) is 2.70. The van der Waals surface area contributed by atoms with Crippen molar-refractivity contribution in [3.63, 3.8) is 0 Å². The Morgan fingerprint density at radius 2 is 2.06 bits per heavy atom. The molecule has 0 aliphatic carbocycles.